The Labute approximate surface area is 163 Å². The number of ketones is 1. The predicted molar refractivity (Wildman–Crippen MR) is 105 cm³/mol. The van der Waals surface area contributed by atoms with Crippen molar-refractivity contribution in [2.75, 3.05) is 13.2 Å². The van der Waals surface area contributed by atoms with Crippen LogP contribution in [0.4, 0.5) is 5.69 Å². The highest BCUT2D eigenvalue weighted by molar-refractivity contribution is 7.44. The first kappa shape index (κ1) is 20.4. The number of nitrogens with zero attached hydrogens (tertiary/aromatic N) is 1. The monoisotopic (exact) mass is 404 g/mol. The lowest BCUT2D eigenvalue weighted by Gasteiger charge is -2.15. The smallest absolute Gasteiger partial charge is 0.311 e. The van der Waals surface area contributed by atoms with Crippen molar-refractivity contribution in [1.82, 2.24) is 5.09 Å². The van der Waals surface area contributed by atoms with E-state index in [1.165, 1.54) is 13.0 Å². The Hall–Kier alpha value is -2.38. The zero-order valence-electron chi connectivity index (χ0n) is 15.4. The van der Waals surface area contributed by atoms with E-state index in [0.29, 0.717) is 17.9 Å². The van der Waals surface area contributed by atoms with Crippen molar-refractivity contribution in [3.63, 3.8) is 0 Å². The van der Waals surface area contributed by atoms with E-state index in [1.54, 1.807) is 36.4 Å². The number of hydrogen-bond acceptors (Lipinski definition) is 7. The van der Waals surface area contributed by atoms with Gasteiger partial charge in [-0.15, -0.1) is 0 Å². The molecule has 2 aromatic rings. The molecular weight excluding hydrogens is 383 g/mol. The van der Waals surface area contributed by atoms with E-state index in [2.05, 4.69) is 5.09 Å². The van der Waals surface area contributed by atoms with Crippen LogP contribution in [0.5, 0.6) is 11.5 Å². The average Bonchev–Trinajstić information content (AvgIpc) is 2.95. The van der Waals surface area contributed by atoms with E-state index < -0.39 is 13.4 Å². The molecule has 0 saturated carbocycles. The molecule has 28 heavy (non-hydrogen) atoms. The molecule has 0 aromatic heterocycles. The lowest BCUT2D eigenvalue weighted by atomic mass is 10.1. The zero-order valence-corrected chi connectivity index (χ0v) is 16.3. The van der Waals surface area contributed by atoms with E-state index in [1.807, 2.05) is 0 Å². The van der Waals surface area contributed by atoms with Crippen LogP contribution >= 0.6 is 8.53 Å². The molecule has 1 unspecified atom stereocenters. The number of benzene rings is 2. The van der Waals surface area contributed by atoms with Crippen molar-refractivity contribution < 1.29 is 23.5 Å². The summed E-state index contributed by atoms with van der Waals surface area (Å²) in [6, 6.07) is 11.1. The van der Waals surface area contributed by atoms with Crippen molar-refractivity contribution in [2.45, 2.75) is 26.4 Å². The molecule has 1 aliphatic rings. The van der Waals surface area contributed by atoms with Gasteiger partial charge in [0.25, 0.3) is 8.53 Å². The normalized spacial score (nSPS) is 17.0. The maximum atomic E-state index is 11.4. The molecule has 2 aromatic carbocycles. The first-order chi connectivity index (χ1) is 13.5. The highest BCUT2D eigenvalue weighted by Crippen LogP contribution is 2.38. The molecule has 1 atom stereocenters. The van der Waals surface area contributed by atoms with Gasteiger partial charge >= 0.3 is 5.69 Å². The fourth-order valence-corrected chi connectivity index (χ4v) is 3.73. The molecule has 1 saturated heterocycles. The van der Waals surface area contributed by atoms with Gasteiger partial charge in [-0.2, -0.15) is 0 Å². The van der Waals surface area contributed by atoms with Gasteiger partial charge in [-0.25, -0.2) is 0 Å². The number of rotatable bonds is 7. The van der Waals surface area contributed by atoms with E-state index in [-0.39, 0.29) is 23.8 Å². The van der Waals surface area contributed by atoms with Gasteiger partial charge in [0.15, 0.2) is 5.78 Å². The van der Waals surface area contributed by atoms with Crippen LogP contribution < -0.4 is 9.82 Å². The number of ether oxygens (including phenoxy) is 1. The molecule has 9 heteroatoms. The summed E-state index contributed by atoms with van der Waals surface area (Å²) < 4.78 is 17.1. The highest BCUT2D eigenvalue weighted by atomic mass is 31.2. The zero-order chi connectivity index (χ0) is 19.9. The van der Waals surface area contributed by atoms with Gasteiger partial charge in [-0.3, -0.25) is 20.0 Å². The molecule has 0 spiro atoms. The minimum absolute atomic E-state index is 0.0621. The fraction of sp³-hybridized carbons (Fsp3) is 0.316. The molecule has 0 aliphatic carbocycles. The molecular formula is C19H21N2O6P. The highest BCUT2D eigenvalue weighted by Gasteiger charge is 2.18. The third kappa shape index (κ3) is 5.56. The van der Waals surface area contributed by atoms with Crippen LogP contribution in [0.2, 0.25) is 0 Å². The number of carbonyl (C=O) groups excluding carboxylic acids is 1. The van der Waals surface area contributed by atoms with Crippen LogP contribution in [0.3, 0.4) is 0 Å². The van der Waals surface area contributed by atoms with Crippen LogP contribution in [0, 0.1) is 10.1 Å². The third-order valence-electron chi connectivity index (χ3n) is 4.08. The molecule has 148 valence electrons. The minimum Gasteiger partial charge on any atom is -0.450 e. The molecule has 1 heterocycles. The summed E-state index contributed by atoms with van der Waals surface area (Å²) in [5.74, 6) is 0.460. The summed E-state index contributed by atoms with van der Waals surface area (Å²) in [4.78, 5) is 22.2. The predicted octanol–water partition coefficient (Wildman–Crippen LogP) is 4.73. The lowest BCUT2D eigenvalue weighted by molar-refractivity contribution is -0.385. The third-order valence-corrected chi connectivity index (χ3v) is 5.34. The second kappa shape index (κ2) is 9.71. The van der Waals surface area contributed by atoms with Crippen LogP contribution in [-0.2, 0) is 15.7 Å². The lowest BCUT2D eigenvalue weighted by Crippen LogP contribution is -2.09. The Morgan fingerprint density at radius 2 is 2.04 bits per heavy atom. The number of hydrogen-bond donors (Lipinski definition) is 1. The summed E-state index contributed by atoms with van der Waals surface area (Å²) in [6.07, 6.45) is 2.03. The first-order valence-electron chi connectivity index (χ1n) is 8.88. The Balaban J connectivity index is 1.73. The minimum atomic E-state index is -1.17. The van der Waals surface area contributed by atoms with Crippen molar-refractivity contribution in [3.05, 3.63) is 63.7 Å². The Morgan fingerprint density at radius 1 is 1.25 bits per heavy atom. The van der Waals surface area contributed by atoms with E-state index >= 15 is 0 Å². The second-order valence-corrected chi connectivity index (χ2v) is 7.57. The van der Waals surface area contributed by atoms with E-state index in [9.17, 15) is 14.9 Å². The summed E-state index contributed by atoms with van der Waals surface area (Å²) in [6.45, 7) is 3.22. The molecule has 1 fully saturated rings. The first-order valence-corrected chi connectivity index (χ1v) is 10.1. The summed E-state index contributed by atoms with van der Waals surface area (Å²) in [5, 5.41) is 14.5. The molecule has 0 amide bonds. The quantitative estimate of drug-likeness (QED) is 0.308. The molecule has 1 aliphatic heterocycles. The van der Waals surface area contributed by atoms with Crippen molar-refractivity contribution >= 4 is 20.0 Å². The van der Waals surface area contributed by atoms with Crippen LogP contribution in [0.25, 0.3) is 0 Å². The summed E-state index contributed by atoms with van der Waals surface area (Å²) in [5.41, 5.74) is 1.13. The largest absolute Gasteiger partial charge is 0.450 e. The molecule has 3 rings (SSSR count). The molecule has 0 bridgehead atoms. The van der Waals surface area contributed by atoms with Crippen molar-refractivity contribution in [2.24, 2.45) is 0 Å². The Morgan fingerprint density at radius 3 is 2.75 bits per heavy atom. The molecule has 8 nitrogen and oxygen atoms in total. The number of nitrogens with one attached hydrogen (secondary N) is 1. The van der Waals surface area contributed by atoms with Crippen LogP contribution in [0.1, 0.15) is 35.7 Å². The Bertz CT molecular complexity index is 835. The van der Waals surface area contributed by atoms with Crippen LogP contribution in [-0.4, -0.2) is 23.9 Å². The van der Waals surface area contributed by atoms with Crippen molar-refractivity contribution in [3.8, 4) is 11.5 Å². The topological polar surface area (TPSA) is 99.9 Å². The average molecular weight is 404 g/mol. The van der Waals surface area contributed by atoms with Gasteiger partial charge in [-0.05, 0) is 61.7 Å². The number of carbonyl (C=O) groups is 1. The number of nitro benzene ring substituents is 1. The van der Waals surface area contributed by atoms with Gasteiger partial charge in [0, 0.05) is 18.2 Å². The number of nitro groups is 1. The van der Waals surface area contributed by atoms with Gasteiger partial charge in [0.2, 0.25) is 5.75 Å². The summed E-state index contributed by atoms with van der Waals surface area (Å²) >= 11 is 0. The van der Waals surface area contributed by atoms with Gasteiger partial charge in [0.1, 0.15) is 5.75 Å². The fourth-order valence-electron chi connectivity index (χ4n) is 2.57. The van der Waals surface area contributed by atoms with Gasteiger partial charge in [-0.1, -0.05) is 0 Å². The summed E-state index contributed by atoms with van der Waals surface area (Å²) in [7, 11) is -1.17. The van der Waals surface area contributed by atoms with Crippen molar-refractivity contribution in [1.29, 1.82) is 0 Å². The standard InChI is InChI=1S/C19H21N2O6P/c1-14(22)16-5-7-17(8-6-16)27-19-12-15(4-9-18(19)21(23)24)13-26-28-20-10-2-3-11-25-28/h4-9,12,20H,2-3,10-11,13H2,1H3. The molecule has 0 radical (unpaired) electrons. The SMILES string of the molecule is CC(=O)c1ccc(Oc2cc(COP3NCCCCO3)ccc2[N+](=O)[O-])cc1. The van der Waals surface area contributed by atoms with Gasteiger partial charge in [0.05, 0.1) is 18.1 Å². The number of Topliss-reactive ketones (excluding diaryl/α,β-unsaturated/α-hetero) is 1. The molecule has 1 N–H and O–H groups in total. The maximum absolute atomic E-state index is 11.4. The van der Waals surface area contributed by atoms with E-state index in [4.69, 9.17) is 13.8 Å². The van der Waals surface area contributed by atoms with E-state index in [0.717, 1.165) is 24.9 Å². The Kier molecular flexibility index (Phi) is 7.06. The maximum Gasteiger partial charge on any atom is 0.311 e. The van der Waals surface area contributed by atoms with Crippen LogP contribution in [0.15, 0.2) is 42.5 Å². The second-order valence-electron chi connectivity index (χ2n) is 6.22. The van der Waals surface area contributed by atoms with Gasteiger partial charge < -0.3 is 13.8 Å².